The molecular weight excluding hydrogens is 434 g/mol. The van der Waals surface area contributed by atoms with Crippen LogP contribution in [0.1, 0.15) is 46.5 Å². The number of halogens is 1. The summed E-state index contributed by atoms with van der Waals surface area (Å²) in [6.07, 6.45) is 5.12. The fourth-order valence-corrected chi connectivity index (χ4v) is 4.42. The Labute approximate surface area is 200 Å². The van der Waals surface area contributed by atoms with E-state index in [9.17, 15) is 4.79 Å². The molecule has 1 N–H and O–H groups in total. The van der Waals surface area contributed by atoms with E-state index >= 15 is 0 Å². The second-order valence-electron chi connectivity index (χ2n) is 9.58. The van der Waals surface area contributed by atoms with Gasteiger partial charge in [0.15, 0.2) is 0 Å². The highest BCUT2D eigenvalue weighted by Crippen LogP contribution is 2.32. The maximum absolute atomic E-state index is 12.5. The molecule has 1 fully saturated rings. The van der Waals surface area contributed by atoms with E-state index in [1.54, 1.807) is 6.20 Å². The Morgan fingerprint density at radius 3 is 2.52 bits per heavy atom. The second kappa shape index (κ2) is 9.92. The Balaban J connectivity index is 1.51. The number of aromatic nitrogens is 2. The molecular formula is C27H30ClN3O2. The van der Waals surface area contributed by atoms with Crippen molar-refractivity contribution in [3.8, 4) is 22.4 Å². The van der Waals surface area contributed by atoms with Crippen LogP contribution in [0.2, 0.25) is 5.02 Å². The molecule has 6 heteroatoms. The lowest BCUT2D eigenvalue weighted by Gasteiger charge is -2.30. The molecule has 0 radical (unpaired) electrons. The van der Waals surface area contributed by atoms with Crippen LogP contribution in [0.25, 0.3) is 22.4 Å². The van der Waals surface area contributed by atoms with Gasteiger partial charge in [0, 0.05) is 11.6 Å². The monoisotopic (exact) mass is 463 g/mol. The van der Waals surface area contributed by atoms with Crippen LogP contribution >= 0.6 is 11.6 Å². The summed E-state index contributed by atoms with van der Waals surface area (Å²) in [5.74, 6) is 0.295. The molecule has 2 atom stereocenters. The molecule has 5 nitrogen and oxygen atoms in total. The third-order valence-corrected chi connectivity index (χ3v) is 6.01. The van der Waals surface area contributed by atoms with Crippen LogP contribution in [0.5, 0.6) is 0 Å². The summed E-state index contributed by atoms with van der Waals surface area (Å²) < 4.78 is 5.60. The van der Waals surface area contributed by atoms with Crippen molar-refractivity contribution >= 4 is 23.5 Å². The summed E-state index contributed by atoms with van der Waals surface area (Å²) in [5, 5.41) is 3.92. The van der Waals surface area contributed by atoms with Gasteiger partial charge >= 0.3 is 5.97 Å². The molecule has 1 heterocycles. The van der Waals surface area contributed by atoms with E-state index in [-0.39, 0.29) is 17.9 Å². The Morgan fingerprint density at radius 2 is 1.76 bits per heavy atom. The molecule has 33 heavy (non-hydrogen) atoms. The highest BCUT2D eigenvalue weighted by atomic mass is 35.5. The third kappa shape index (κ3) is 6.11. The van der Waals surface area contributed by atoms with Gasteiger partial charge in [-0.05, 0) is 57.2 Å². The standard InChI is InChI=1S/C27H30ClN3O2/c1-27(2,3)33-25(32)21-13-8-14-22(16-21)30-26-29-17-23(28)24(31-26)20-12-7-11-19(15-20)18-9-5-4-6-10-18/h4-7,9-12,15,17,21-22H,8,13-14,16H2,1-3H3,(H,29,30,31)/t21-,22+/m0/s1. The highest BCUT2D eigenvalue weighted by molar-refractivity contribution is 6.32. The van der Waals surface area contributed by atoms with Crippen LogP contribution in [0.3, 0.4) is 0 Å². The number of hydrogen-bond donors (Lipinski definition) is 1. The Morgan fingerprint density at radius 1 is 1.03 bits per heavy atom. The van der Waals surface area contributed by atoms with Crippen molar-refractivity contribution in [2.24, 2.45) is 5.92 Å². The van der Waals surface area contributed by atoms with Crippen molar-refractivity contribution in [1.29, 1.82) is 0 Å². The first-order valence-electron chi connectivity index (χ1n) is 11.5. The van der Waals surface area contributed by atoms with E-state index in [2.05, 4.69) is 34.6 Å². The van der Waals surface area contributed by atoms with Gasteiger partial charge < -0.3 is 10.1 Å². The zero-order valence-electron chi connectivity index (χ0n) is 19.3. The fraction of sp³-hybridized carbons (Fsp3) is 0.370. The van der Waals surface area contributed by atoms with Gasteiger partial charge in [-0.15, -0.1) is 0 Å². The number of benzene rings is 2. The molecule has 1 aliphatic rings. The predicted octanol–water partition coefficient (Wildman–Crippen LogP) is 6.78. The molecule has 0 bridgehead atoms. The van der Waals surface area contributed by atoms with Crippen molar-refractivity contribution in [2.75, 3.05) is 5.32 Å². The molecule has 0 amide bonds. The number of nitrogens with one attached hydrogen (secondary N) is 1. The van der Waals surface area contributed by atoms with E-state index in [0.29, 0.717) is 23.1 Å². The molecule has 0 spiro atoms. The van der Waals surface area contributed by atoms with Crippen LogP contribution in [0.15, 0.2) is 60.8 Å². The minimum atomic E-state index is -0.472. The Hall–Kier alpha value is -2.92. The lowest BCUT2D eigenvalue weighted by Crippen LogP contribution is -2.35. The number of hydrogen-bond acceptors (Lipinski definition) is 5. The number of nitrogens with zero attached hydrogens (tertiary/aromatic N) is 2. The van der Waals surface area contributed by atoms with Crippen LogP contribution in [0.4, 0.5) is 5.95 Å². The minimum Gasteiger partial charge on any atom is -0.460 e. The highest BCUT2D eigenvalue weighted by Gasteiger charge is 2.31. The lowest BCUT2D eigenvalue weighted by molar-refractivity contribution is -0.161. The largest absolute Gasteiger partial charge is 0.460 e. The SMILES string of the molecule is CC(C)(C)OC(=O)[C@H]1CCC[C@@H](Nc2ncc(Cl)c(-c3cccc(-c4ccccc4)c3)n2)C1. The Kier molecular flexibility index (Phi) is 6.99. The average Bonchev–Trinajstić information content (AvgIpc) is 2.80. The molecule has 0 saturated heterocycles. The molecule has 1 aromatic heterocycles. The predicted molar refractivity (Wildman–Crippen MR) is 133 cm³/mol. The van der Waals surface area contributed by atoms with Crippen LogP contribution < -0.4 is 5.32 Å². The van der Waals surface area contributed by atoms with E-state index < -0.39 is 5.60 Å². The summed E-state index contributed by atoms with van der Waals surface area (Å²) in [7, 11) is 0. The van der Waals surface area contributed by atoms with Gasteiger partial charge in [0.05, 0.1) is 22.8 Å². The topological polar surface area (TPSA) is 64.1 Å². The molecule has 3 aromatic rings. The zero-order chi connectivity index (χ0) is 23.4. The van der Waals surface area contributed by atoms with Crippen molar-refractivity contribution in [3.05, 3.63) is 65.8 Å². The summed E-state index contributed by atoms with van der Waals surface area (Å²) in [6.45, 7) is 5.71. The summed E-state index contributed by atoms with van der Waals surface area (Å²) in [4.78, 5) is 21.7. The number of rotatable bonds is 5. The van der Waals surface area contributed by atoms with Gasteiger partial charge in [-0.25, -0.2) is 9.97 Å². The maximum atomic E-state index is 12.5. The first kappa shape index (κ1) is 23.2. The van der Waals surface area contributed by atoms with Gasteiger partial charge in [-0.2, -0.15) is 0 Å². The van der Waals surface area contributed by atoms with Crippen molar-refractivity contribution in [1.82, 2.24) is 9.97 Å². The number of carbonyl (C=O) groups excluding carboxylic acids is 1. The molecule has 2 aromatic carbocycles. The molecule has 172 valence electrons. The lowest BCUT2D eigenvalue weighted by atomic mass is 9.85. The van der Waals surface area contributed by atoms with E-state index in [1.807, 2.05) is 51.1 Å². The number of anilines is 1. The molecule has 0 unspecified atom stereocenters. The quantitative estimate of drug-likeness (QED) is 0.422. The number of carbonyl (C=O) groups is 1. The normalized spacial score (nSPS) is 18.5. The summed E-state index contributed by atoms with van der Waals surface area (Å²) >= 11 is 6.48. The minimum absolute atomic E-state index is 0.107. The first-order chi connectivity index (χ1) is 15.8. The van der Waals surface area contributed by atoms with Gasteiger partial charge in [-0.3, -0.25) is 4.79 Å². The maximum Gasteiger partial charge on any atom is 0.309 e. The van der Waals surface area contributed by atoms with Gasteiger partial charge in [0.25, 0.3) is 0 Å². The smallest absolute Gasteiger partial charge is 0.309 e. The third-order valence-electron chi connectivity index (χ3n) is 5.73. The van der Waals surface area contributed by atoms with E-state index in [0.717, 1.165) is 36.0 Å². The van der Waals surface area contributed by atoms with E-state index in [4.69, 9.17) is 21.3 Å². The molecule has 1 aliphatic carbocycles. The first-order valence-corrected chi connectivity index (χ1v) is 11.8. The number of esters is 1. The average molecular weight is 464 g/mol. The Bertz CT molecular complexity index is 1110. The van der Waals surface area contributed by atoms with Crippen LogP contribution in [-0.2, 0) is 9.53 Å². The van der Waals surface area contributed by atoms with Crippen LogP contribution in [-0.4, -0.2) is 27.6 Å². The second-order valence-corrected chi connectivity index (χ2v) is 9.98. The van der Waals surface area contributed by atoms with Gasteiger partial charge in [-0.1, -0.05) is 66.6 Å². The van der Waals surface area contributed by atoms with Crippen molar-refractivity contribution in [3.63, 3.8) is 0 Å². The molecule has 4 rings (SSSR count). The zero-order valence-corrected chi connectivity index (χ0v) is 20.1. The summed E-state index contributed by atoms with van der Waals surface area (Å²) in [5.41, 5.74) is 3.39. The van der Waals surface area contributed by atoms with Crippen molar-refractivity contribution < 1.29 is 9.53 Å². The molecule has 0 aliphatic heterocycles. The molecule has 1 saturated carbocycles. The fourth-order valence-electron chi connectivity index (χ4n) is 4.22. The van der Waals surface area contributed by atoms with E-state index in [1.165, 1.54) is 0 Å². The van der Waals surface area contributed by atoms with Crippen molar-refractivity contribution in [2.45, 2.75) is 58.1 Å². The van der Waals surface area contributed by atoms with Crippen LogP contribution in [0, 0.1) is 5.92 Å². The number of ether oxygens (including phenoxy) is 1. The summed E-state index contributed by atoms with van der Waals surface area (Å²) in [6, 6.07) is 18.5. The van der Waals surface area contributed by atoms with Gasteiger partial charge in [0.2, 0.25) is 5.95 Å². The van der Waals surface area contributed by atoms with Gasteiger partial charge in [0.1, 0.15) is 5.60 Å².